The van der Waals surface area contributed by atoms with Crippen LogP contribution in [0.15, 0.2) is 18.2 Å². The van der Waals surface area contributed by atoms with Crippen LogP contribution in [0.25, 0.3) is 11.0 Å². The van der Waals surface area contributed by atoms with Crippen molar-refractivity contribution in [1.29, 1.82) is 0 Å². The summed E-state index contributed by atoms with van der Waals surface area (Å²) >= 11 is 0. The minimum absolute atomic E-state index is 0.703. The molecule has 0 spiro atoms. The van der Waals surface area contributed by atoms with Gasteiger partial charge in [-0.25, -0.2) is 4.98 Å². The number of imidazole rings is 1. The van der Waals surface area contributed by atoms with E-state index in [0.29, 0.717) is 5.92 Å². The number of nitrogens with zero attached hydrogens (tertiary/aromatic N) is 2. The Morgan fingerprint density at radius 3 is 2.60 bits per heavy atom. The average Bonchev–Trinajstić information content (AvgIpc) is 2.75. The molecule has 2 heterocycles. The fourth-order valence-electron chi connectivity index (χ4n) is 3.68. The van der Waals surface area contributed by atoms with Crippen LogP contribution < -0.4 is 5.32 Å². The van der Waals surface area contributed by atoms with Crippen molar-refractivity contribution in [2.45, 2.75) is 43.9 Å². The molecular formula is C17H23N3. The largest absolute Gasteiger partial charge is 0.331 e. The monoisotopic (exact) mass is 269 g/mol. The summed E-state index contributed by atoms with van der Waals surface area (Å²) in [6.07, 6.45) is 6.52. The van der Waals surface area contributed by atoms with Crippen LogP contribution in [0.5, 0.6) is 0 Å². The third-order valence-corrected chi connectivity index (χ3v) is 5.22. The second-order valence-corrected chi connectivity index (χ2v) is 6.43. The van der Waals surface area contributed by atoms with Crippen molar-refractivity contribution in [3.05, 3.63) is 29.6 Å². The highest BCUT2D eigenvalue weighted by atomic mass is 15.1. The Labute approximate surface area is 120 Å². The Balaban J connectivity index is 1.71. The highest BCUT2D eigenvalue weighted by molar-refractivity contribution is 5.77. The number of rotatable bonds is 2. The molecule has 2 fully saturated rings. The summed E-state index contributed by atoms with van der Waals surface area (Å²) < 4.78 is 2.31. The highest BCUT2D eigenvalue weighted by Gasteiger charge is 2.25. The number of piperidine rings is 1. The van der Waals surface area contributed by atoms with Gasteiger partial charge in [-0.1, -0.05) is 12.5 Å². The molecule has 3 heteroatoms. The first-order chi connectivity index (χ1) is 9.83. The van der Waals surface area contributed by atoms with Crippen LogP contribution in [0.1, 0.15) is 55.3 Å². The summed E-state index contributed by atoms with van der Waals surface area (Å²) in [6.45, 7) is 2.30. The van der Waals surface area contributed by atoms with Gasteiger partial charge in [0.2, 0.25) is 0 Å². The Morgan fingerprint density at radius 1 is 1.10 bits per heavy atom. The zero-order valence-electron chi connectivity index (χ0n) is 12.2. The van der Waals surface area contributed by atoms with Gasteiger partial charge in [0.25, 0.3) is 0 Å². The van der Waals surface area contributed by atoms with Gasteiger partial charge in [0.15, 0.2) is 0 Å². The molecule has 1 aromatic heterocycles. The molecule has 2 aliphatic rings. The van der Waals surface area contributed by atoms with Gasteiger partial charge in [-0.15, -0.1) is 0 Å². The number of aryl methyl sites for hydroxylation is 1. The molecule has 0 bridgehead atoms. The van der Waals surface area contributed by atoms with Crippen molar-refractivity contribution in [2.75, 3.05) is 13.1 Å². The predicted molar refractivity (Wildman–Crippen MR) is 82.2 cm³/mol. The van der Waals surface area contributed by atoms with Gasteiger partial charge in [0.05, 0.1) is 11.0 Å². The van der Waals surface area contributed by atoms with Gasteiger partial charge in [0.1, 0.15) is 5.82 Å². The van der Waals surface area contributed by atoms with E-state index < -0.39 is 0 Å². The van der Waals surface area contributed by atoms with Gasteiger partial charge in [-0.3, -0.25) is 0 Å². The van der Waals surface area contributed by atoms with E-state index in [9.17, 15) is 0 Å². The summed E-state index contributed by atoms with van der Waals surface area (Å²) in [5, 5.41) is 3.45. The molecule has 1 aromatic carbocycles. The third kappa shape index (κ3) is 1.96. The van der Waals surface area contributed by atoms with E-state index in [1.807, 2.05) is 0 Å². The maximum atomic E-state index is 4.94. The lowest BCUT2D eigenvalue weighted by Crippen LogP contribution is -2.26. The normalized spacial score (nSPS) is 21.2. The van der Waals surface area contributed by atoms with E-state index in [1.165, 1.54) is 54.5 Å². The van der Waals surface area contributed by atoms with Crippen LogP contribution in [0.2, 0.25) is 0 Å². The minimum atomic E-state index is 0.703. The summed E-state index contributed by atoms with van der Waals surface area (Å²) in [4.78, 5) is 4.94. The minimum Gasteiger partial charge on any atom is -0.331 e. The van der Waals surface area contributed by atoms with Gasteiger partial charge >= 0.3 is 0 Å². The molecule has 3 nitrogen and oxygen atoms in total. The van der Waals surface area contributed by atoms with Crippen LogP contribution >= 0.6 is 0 Å². The maximum Gasteiger partial charge on any atom is 0.112 e. The molecule has 4 rings (SSSR count). The lowest BCUT2D eigenvalue weighted by atomic mass is 9.85. The van der Waals surface area contributed by atoms with Crippen molar-refractivity contribution >= 4 is 11.0 Å². The SMILES string of the molecule is Cn1c(C2CCC2)nc2cc(C3CCNCC3)ccc21. The van der Waals surface area contributed by atoms with E-state index >= 15 is 0 Å². The molecule has 1 saturated heterocycles. The second-order valence-electron chi connectivity index (χ2n) is 6.43. The first kappa shape index (κ1) is 12.4. The topological polar surface area (TPSA) is 29.9 Å². The summed E-state index contributed by atoms with van der Waals surface area (Å²) in [6, 6.07) is 6.94. The van der Waals surface area contributed by atoms with E-state index in [4.69, 9.17) is 4.98 Å². The number of benzene rings is 1. The number of nitrogens with one attached hydrogen (secondary N) is 1. The van der Waals surface area contributed by atoms with Crippen LogP contribution in [0.3, 0.4) is 0 Å². The predicted octanol–water partition coefficient (Wildman–Crippen LogP) is 3.31. The van der Waals surface area contributed by atoms with Gasteiger partial charge in [0, 0.05) is 13.0 Å². The van der Waals surface area contributed by atoms with Crippen molar-refractivity contribution in [3.8, 4) is 0 Å². The molecule has 1 aliphatic carbocycles. The first-order valence-electron chi connectivity index (χ1n) is 8.00. The van der Waals surface area contributed by atoms with Gasteiger partial charge in [-0.2, -0.15) is 0 Å². The number of fused-ring (bicyclic) bond motifs is 1. The van der Waals surface area contributed by atoms with Crippen molar-refractivity contribution in [1.82, 2.24) is 14.9 Å². The second kappa shape index (κ2) is 4.88. The highest BCUT2D eigenvalue weighted by Crippen LogP contribution is 2.37. The lowest BCUT2D eigenvalue weighted by molar-refractivity contribution is 0.395. The molecule has 0 amide bonds. The quantitative estimate of drug-likeness (QED) is 0.906. The zero-order chi connectivity index (χ0) is 13.5. The molecule has 2 aromatic rings. The van der Waals surface area contributed by atoms with Crippen LogP contribution in [-0.4, -0.2) is 22.6 Å². The molecule has 1 saturated carbocycles. The van der Waals surface area contributed by atoms with E-state index in [0.717, 1.165) is 19.0 Å². The van der Waals surface area contributed by atoms with Crippen molar-refractivity contribution in [2.24, 2.45) is 7.05 Å². The Bertz CT molecular complexity index is 618. The molecule has 0 atom stereocenters. The Morgan fingerprint density at radius 2 is 1.90 bits per heavy atom. The van der Waals surface area contributed by atoms with E-state index in [1.54, 1.807) is 0 Å². The fraction of sp³-hybridized carbons (Fsp3) is 0.588. The Kier molecular flexibility index (Phi) is 3.03. The van der Waals surface area contributed by atoms with Gasteiger partial charge in [-0.05, 0) is 62.4 Å². The average molecular weight is 269 g/mol. The third-order valence-electron chi connectivity index (χ3n) is 5.22. The van der Waals surface area contributed by atoms with Crippen molar-refractivity contribution < 1.29 is 0 Å². The summed E-state index contributed by atoms with van der Waals surface area (Å²) in [7, 11) is 2.17. The molecule has 20 heavy (non-hydrogen) atoms. The summed E-state index contributed by atoms with van der Waals surface area (Å²) in [5.41, 5.74) is 3.98. The number of aromatic nitrogens is 2. The van der Waals surface area contributed by atoms with Crippen LogP contribution in [0.4, 0.5) is 0 Å². The smallest absolute Gasteiger partial charge is 0.112 e. The zero-order valence-corrected chi connectivity index (χ0v) is 12.2. The molecule has 0 unspecified atom stereocenters. The molecule has 0 radical (unpaired) electrons. The van der Waals surface area contributed by atoms with Gasteiger partial charge < -0.3 is 9.88 Å². The maximum absolute atomic E-state index is 4.94. The lowest BCUT2D eigenvalue weighted by Gasteiger charge is -2.24. The number of hydrogen-bond donors (Lipinski definition) is 1. The Hall–Kier alpha value is -1.35. The standard InChI is InChI=1S/C17H23N3/c1-20-16-6-5-14(12-7-9-18-10-8-12)11-15(16)19-17(20)13-3-2-4-13/h5-6,11-13,18H,2-4,7-10H2,1H3. The van der Waals surface area contributed by atoms with E-state index in [-0.39, 0.29) is 0 Å². The molecular weight excluding hydrogens is 246 g/mol. The molecule has 106 valence electrons. The van der Waals surface area contributed by atoms with E-state index in [2.05, 4.69) is 35.1 Å². The summed E-state index contributed by atoms with van der Waals surface area (Å²) in [5.74, 6) is 2.72. The fourth-order valence-corrected chi connectivity index (χ4v) is 3.68. The molecule has 1 aliphatic heterocycles. The van der Waals surface area contributed by atoms with Crippen LogP contribution in [-0.2, 0) is 7.05 Å². The van der Waals surface area contributed by atoms with Crippen molar-refractivity contribution in [3.63, 3.8) is 0 Å². The molecule has 1 N–H and O–H groups in total. The number of hydrogen-bond acceptors (Lipinski definition) is 2. The van der Waals surface area contributed by atoms with Crippen LogP contribution in [0, 0.1) is 0 Å². The first-order valence-corrected chi connectivity index (χ1v) is 8.00.